The van der Waals surface area contributed by atoms with Crippen LogP contribution in [-0.4, -0.2) is 4.98 Å². The van der Waals surface area contributed by atoms with Gasteiger partial charge in [0.05, 0.1) is 0 Å². The summed E-state index contributed by atoms with van der Waals surface area (Å²) < 4.78 is 0. The third kappa shape index (κ3) is 2.24. The number of fused-ring (bicyclic) bond motifs is 1. The van der Waals surface area contributed by atoms with Gasteiger partial charge in [-0.3, -0.25) is 0 Å². The molecular formula is C14H20ClN. The van der Waals surface area contributed by atoms with Crippen LogP contribution in [0.15, 0.2) is 6.07 Å². The quantitative estimate of drug-likeness (QED) is 0.696. The molecule has 1 aromatic heterocycles. The van der Waals surface area contributed by atoms with E-state index in [0.29, 0.717) is 11.1 Å². The van der Waals surface area contributed by atoms with E-state index in [0.717, 1.165) is 12.3 Å². The van der Waals surface area contributed by atoms with Crippen molar-refractivity contribution in [3.8, 4) is 0 Å². The van der Waals surface area contributed by atoms with Crippen LogP contribution >= 0.6 is 11.6 Å². The second-order valence-corrected chi connectivity index (χ2v) is 5.50. The summed E-state index contributed by atoms with van der Waals surface area (Å²) in [6.45, 7) is 6.63. The fraction of sp³-hybridized carbons (Fsp3) is 0.643. The third-order valence-electron chi connectivity index (χ3n) is 3.67. The van der Waals surface area contributed by atoms with Crippen LogP contribution in [-0.2, 0) is 12.8 Å². The highest BCUT2D eigenvalue weighted by Crippen LogP contribution is 2.31. The molecule has 1 aliphatic carbocycles. The van der Waals surface area contributed by atoms with Gasteiger partial charge in [0.1, 0.15) is 5.15 Å². The highest BCUT2D eigenvalue weighted by Gasteiger charge is 2.20. The Morgan fingerprint density at radius 1 is 1.50 bits per heavy atom. The van der Waals surface area contributed by atoms with Gasteiger partial charge >= 0.3 is 0 Å². The predicted octanol–water partition coefficient (Wildman–Crippen LogP) is 4.37. The van der Waals surface area contributed by atoms with E-state index in [-0.39, 0.29) is 0 Å². The number of nitrogens with zero attached hydrogens (tertiary/aromatic N) is 1. The number of aromatic nitrogens is 1. The van der Waals surface area contributed by atoms with E-state index in [1.165, 1.54) is 36.1 Å². The van der Waals surface area contributed by atoms with Gasteiger partial charge in [0.15, 0.2) is 0 Å². The molecular weight excluding hydrogens is 218 g/mol. The average molecular weight is 238 g/mol. The van der Waals surface area contributed by atoms with Crippen molar-refractivity contribution in [2.45, 2.75) is 52.4 Å². The van der Waals surface area contributed by atoms with E-state index in [9.17, 15) is 0 Å². The zero-order chi connectivity index (χ0) is 11.7. The van der Waals surface area contributed by atoms with E-state index in [4.69, 9.17) is 11.6 Å². The number of hydrogen-bond donors (Lipinski definition) is 0. The highest BCUT2D eigenvalue weighted by atomic mass is 35.5. The summed E-state index contributed by atoms with van der Waals surface area (Å²) >= 11 is 6.22. The molecule has 0 aliphatic heterocycles. The summed E-state index contributed by atoms with van der Waals surface area (Å²) in [5.41, 5.74) is 3.88. The Kier molecular flexibility index (Phi) is 3.53. The first-order valence-corrected chi connectivity index (χ1v) is 6.67. The molecule has 1 aliphatic rings. The maximum Gasteiger partial charge on any atom is 0.132 e. The minimum Gasteiger partial charge on any atom is -0.241 e. The van der Waals surface area contributed by atoms with Gasteiger partial charge in [0, 0.05) is 5.69 Å². The first kappa shape index (κ1) is 11.9. The van der Waals surface area contributed by atoms with Gasteiger partial charge in [-0.05, 0) is 42.2 Å². The lowest BCUT2D eigenvalue weighted by atomic mass is 9.84. The van der Waals surface area contributed by atoms with Crippen LogP contribution in [0.4, 0.5) is 0 Å². The van der Waals surface area contributed by atoms with Crippen LogP contribution in [0.2, 0.25) is 5.15 Å². The van der Waals surface area contributed by atoms with Crippen LogP contribution in [0.5, 0.6) is 0 Å². The van der Waals surface area contributed by atoms with E-state index < -0.39 is 0 Å². The summed E-state index contributed by atoms with van der Waals surface area (Å²) in [6.07, 6.45) is 4.84. The van der Waals surface area contributed by atoms with Crippen LogP contribution in [0.1, 0.15) is 56.4 Å². The maximum absolute atomic E-state index is 6.22. The monoisotopic (exact) mass is 237 g/mol. The number of aryl methyl sites for hydroxylation is 1. The van der Waals surface area contributed by atoms with Crippen molar-refractivity contribution in [3.63, 3.8) is 0 Å². The molecule has 1 atom stereocenters. The van der Waals surface area contributed by atoms with Crippen molar-refractivity contribution in [1.82, 2.24) is 4.98 Å². The van der Waals surface area contributed by atoms with Gasteiger partial charge in [0.25, 0.3) is 0 Å². The van der Waals surface area contributed by atoms with E-state index >= 15 is 0 Å². The third-order valence-corrected chi connectivity index (χ3v) is 3.97. The zero-order valence-electron chi connectivity index (χ0n) is 10.4. The lowest BCUT2D eigenvalue weighted by Crippen LogP contribution is -2.15. The van der Waals surface area contributed by atoms with Crippen molar-refractivity contribution in [1.29, 1.82) is 0 Å². The molecule has 0 saturated carbocycles. The number of pyridine rings is 1. The fourth-order valence-corrected chi connectivity index (χ4v) is 2.86. The van der Waals surface area contributed by atoms with Crippen molar-refractivity contribution < 1.29 is 0 Å². The average Bonchev–Trinajstić information content (AvgIpc) is 2.27. The fourth-order valence-electron chi connectivity index (χ4n) is 2.49. The predicted molar refractivity (Wildman–Crippen MR) is 69.1 cm³/mol. The Morgan fingerprint density at radius 2 is 2.25 bits per heavy atom. The largest absolute Gasteiger partial charge is 0.241 e. The Morgan fingerprint density at radius 3 is 2.88 bits per heavy atom. The summed E-state index contributed by atoms with van der Waals surface area (Å²) in [4.78, 5) is 4.57. The molecule has 0 spiro atoms. The minimum absolute atomic E-state index is 0.465. The van der Waals surface area contributed by atoms with Crippen LogP contribution in [0, 0.1) is 5.92 Å². The van der Waals surface area contributed by atoms with Crippen LogP contribution in [0.25, 0.3) is 0 Å². The Bertz CT molecular complexity index is 385. The van der Waals surface area contributed by atoms with Gasteiger partial charge in [-0.2, -0.15) is 0 Å². The SMILES string of the molecule is CCC1CCc2nc(Cl)c(C(C)C)cc2C1. The molecule has 0 fully saturated rings. The van der Waals surface area contributed by atoms with Crippen molar-refractivity contribution in [3.05, 3.63) is 28.0 Å². The second kappa shape index (κ2) is 4.75. The zero-order valence-corrected chi connectivity index (χ0v) is 11.1. The van der Waals surface area contributed by atoms with E-state index in [1.54, 1.807) is 0 Å². The van der Waals surface area contributed by atoms with Crippen molar-refractivity contribution in [2.24, 2.45) is 5.92 Å². The number of rotatable bonds is 2. The minimum atomic E-state index is 0.465. The molecule has 0 saturated heterocycles. The normalized spacial score (nSPS) is 19.9. The number of halogens is 1. The first-order valence-electron chi connectivity index (χ1n) is 6.30. The summed E-state index contributed by atoms with van der Waals surface area (Å²) in [6, 6.07) is 2.29. The topological polar surface area (TPSA) is 12.9 Å². The Labute approximate surface area is 103 Å². The molecule has 2 rings (SSSR count). The second-order valence-electron chi connectivity index (χ2n) is 5.15. The molecule has 2 heteroatoms. The lowest BCUT2D eigenvalue weighted by Gasteiger charge is -2.24. The van der Waals surface area contributed by atoms with Crippen molar-refractivity contribution >= 4 is 11.6 Å². The van der Waals surface area contributed by atoms with Crippen LogP contribution < -0.4 is 0 Å². The first-order chi connectivity index (χ1) is 7.61. The van der Waals surface area contributed by atoms with Crippen LogP contribution in [0.3, 0.4) is 0 Å². The van der Waals surface area contributed by atoms with Gasteiger partial charge in [-0.15, -0.1) is 0 Å². The molecule has 1 aromatic rings. The van der Waals surface area contributed by atoms with Gasteiger partial charge < -0.3 is 0 Å². The molecule has 0 radical (unpaired) electrons. The maximum atomic E-state index is 6.22. The van der Waals surface area contributed by atoms with E-state index in [2.05, 4.69) is 31.8 Å². The molecule has 0 N–H and O–H groups in total. The van der Waals surface area contributed by atoms with Gasteiger partial charge in [0.2, 0.25) is 0 Å². The summed E-state index contributed by atoms with van der Waals surface area (Å²) in [7, 11) is 0. The summed E-state index contributed by atoms with van der Waals surface area (Å²) in [5.74, 6) is 1.31. The highest BCUT2D eigenvalue weighted by molar-refractivity contribution is 6.30. The standard InChI is InChI=1S/C14H20ClN/c1-4-10-5-6-13-11(7-10)8-12(9(2)3)14(15)16-13/h8-10H,4-7H2,1-3H3. The lowest BCUT2D eigenvalue weighted by molar-refractivity contribution is 0.439. The molecule has 1 nitrogen and oxygen atoms in total. The number of hydrogen-bond acceptors (Lipinski definition) is 1. The molecule has 88 valence electrons. The summed E-state index contributed by atoms with van der Waals surface area (Å²) in [5, 5.41) is 0.712. The van der Waals surface area contributed by atoms with Gasteiger partial charge in [-0.1, -0.05) is 44.9 Å². The molecule has 1 unspecified atom stereocenters. The van der Waals surface area contributed by atoms with Gasteiger partial charge in [-0.25, -0.2) is 4.98 Å². The molecule has 1 heterocycles. The smallest absolute Gasteiger partial charge is 0.132 e. The van der Waals surface area contributed by atoms with Crippen molar-refractivity contribution in [2.75, 3.05) is 0 Å². The molecule has 0 bridgehead atoms. The molecule has 16 heavy (non-hydrogen) atoms. The molecule has 0 aromatic carbocycles. The van der Waals surface area contributed by atoms with E-state index in [1.807, 2.05) is 0 Å². The molecule has 0 amide bonds. The Hall–Kier alpha value is -0.560. The Balaban J connectivity index is 2.36.